The van der Waals surface area contributed by atoms with Gasteiger partial charge in [0.1, 0.15) is 5.82 Å². The van der Waals surface area contributed by atoms with E-state index in [-0.39, 0.29) is 18.5 Å². The number of allylic oxidation sites excluding steroid dienone is 1. The van der Waals surface area contributed by atoms with E-state index in [0.717, 1.165) is 5.56 Å². The largest absolute Gasteiger partial charge is 0.462 e. The van der Waals surface area contributed by atoms with E-state index in [4.69, 9.17) is 4.74 Å². The van der Waals surface area contributed by atoms with Crippen molar-refractivity contribution in [2.75, 3.05) is 19.7 Å². The second-order valence-electron chi connectivity index (χ2n) is 4.64. The Morgan fingerprint density at radius 1 is 1.23 bits per heavy atom. The van der Waals surface area contributed by atoms with Crippen LogP contribution in [-0.4, -0.2) is 31.7 Å². The summed E-state index contributed by atoms with van der Waals surface area (Å²) >= 11 is 0. The highest BCUT2D eigenvalue weighted by molar-refractivity contribution is 5.90. The number of esters is 1. The van der Waals surface area contributed by atoms with Crippen molar-refractivity contribution >= 4 is 17.6 Å². The van der Waals surface area contributed by atoms with Crippen LogP contribution < -0.4 is 10.6 Å². The van der Waals surface area contributed by atoms with Crippen LogP contribution in [0.1, 0.15) is 25.8 Å². The Hall–Kier alpha value is -2.37. The van der Waals surface area contributed by atoms with Gasteiger partial charge in [0.05, 0.1) is 6.61 Å². The van der Waals surface area contributed by atoms with E-state index in [9.17, 15) is 14.0 Å². The maximum atomic E-state index is 12.8. The van der Waals surface area contributed by atoms with Crippen LogP contribution in [0.3, 0.4) is 0 Å². The quantitative estimate of drug-likeness (QED) is 0.462. The number of amides is 2. The van der Waals surface area contributed by atoms with E-state index in [1.54, 1.807) is 19.1 Å². The molecule has 6 heteroatoms. The average Bonchev–Trinajstić information content (AvgIpc) is 2.47. The van der Waals surface area contributed by atoms with Crippen LogP contribution in [0, 0.1) is 5.82 Å². The van der Waals surface area contributed by atoms with Crippen LogP contribution in [-0.2, 0) is 9.53 Å². The van der Waals surface area contributed by atoms with E-state index >= 15 is 0 Å². The number of ether oxygens (including phenoxy) is 1. The van der Waals surface area contributed by atoms with E-state index in [1.807, 2.05) is 6.92 Å². The summed E-state index contributed by atoms with van der Waals surface area (Å²) in [4.78, 5) is 22.7. The van der Waals surface area contributed by atoms with Gasteiger partial charge in [-0.2, -0.15) is 0 Å². The minimum Gasteiger partial charge on any atom is -0.462 e. The molecule has 0 fully saturated rings. The van der Waals surface area contributed by atoms with Crippen LogP contribution in [0.2, 0.25) is 0 Å². The Morgan fingerprint density at radius 3 is 2.55 bits per heavy atom. The molecule has 1 aromatic rings. The van der Waals surface area contributed by atoms with Crippen molar-refractivity contribution in [3.63, 3.8) is 0 Å². The Labute approximate surface area is 129 Å². The molecule has 2 N–H and O–H groups in total. The molecule has 0 bridgehead atoms. The fourth-order valence-electron chi connectivity index (χ4n) is 1.68. The van der Waals surface area contributed by atoms with Gasteiger partial charge in [-0.25, -0.2) is 14.0 Å². The Morgan fingerprint density at radius 2 is 1.91 bits per heavy atom. The van der Waals surface area contributed by atoms with Crippen molar-refractivity contribution in [2.24, 2.45) is 0 Å². The standard InChI is InChI=1S/C16H21FN2O3/c1-3-18-16(21)19-9-4-10-22-15(20)11-12(2)13-5-7-14(17)8-6-13/h5-8,11H,3-4,9-10H2,1-2H3,(H2,18,19,21). The first-order valence-corrected chi connectivity index (χ1v) is 7.15. The van der Waals surface area contributed by atoms with Gasteiger partial charge in [-0.1, -0.05) is 12.1 Å². The van der Waals surface area contributed by atoms with Gasteiger partial charge in [-0.05, 0) is 43.5 Å². The molecule has 0 heterocycles. The molecule has 0 radical (unpaired) electrons. The second kappa shape index (κ2) is 9.55. The van der Waals surface area contributed by atoms with Crippen LogP contribution in [0.4, 0.5) is 9.18 Å². The molecule has 0 aliphatic rings. The fraction of sp³-hybridized carbons (Fsp3) is 0.375. The van der Waals surface area contributed by atoms with Gasteiger partial charge in [0.25, 0.3) is 0 Å². The number of nitrogens with one attached hydrogen (secondary N) is 2. The van der Waals surface area contributed by atoms with Crippen LogP contribution in [0.5, 0.6) is 0 Å². The van der Waals surface area contributed by atoms with E-state index < -0.39 is 5.97 Å². The number of carbonyl (C=O) groups is 2. The van der Waals surface area contributed by atoms with Gasteiger partial charge in [-0.15, -0.1) is 0 Å². The van der Waals surface area contributed by atoms with Gasteiger partial charge < -0.3 is 15.4 Å². The molecule has 0 atom stereocenters. The molecule has 0 saturated heterocycles. The molecule has 0 aliphatic carbocycles. The highest BCUT2D eigenvalue weighted by atomic mass is 19.1. The van der Waals surface area contributed by atoms with E-state index in [0.29, 0.717) is 25.1 Å². The molecular weight excluding hydrogens is 287 g/mol. The van der Waals surface area contributed by atoms with Crippen molar-refractivity contribution in [3.8, 4) is 0 Å². The minimum atomic E-state index is -0.458. The third-order valence-corrected chi connectivity index (χ3v) is 2.82. The van der Waals surface area contributed by atoms with Gasteiger partial charge in [-0.3, -0.25) is 0 Å². The van der Waals surface area contributed by atoms with Gasteiger partial charge in [0.2, 0.25) is 0 Å². The van der Waals surface area contributed by atoms with Gasteiger partial charge in [0, 0.05) is 19.2 Å². The SMILES string of the molecule is CCNC(=O)NCCCOC(=O)C=C(C)c1ccc(F)cc1. The lowest BCUT2D eigenvalue weighted by atomic mass is 10.1. The number of urea groups is 1. The molecule has 1 aromatic carbocycles. The summed E-state index contributed by atoms with van der Waals surface area (Å²) in [6, 6.07) is 5.65. The summed E-state index contributed by atoms with van der Waals surface area (Å²) in [5.41, 5.74) is 1.46. The van der Waals surface area contributed by atoms with Crippen molar-refractivity contribution in [2.45, 2.75) is 20.3 Å². The molecule has 2 amide bonds. The molecule has 0 spiro atoms. The number of benzene rings is 1. The smallest absolute Gasteiger partial charge is 0.331 e. The summed E-state index contributed by atoms with van der Waals surface area (Å²) in [5, 5.41) is 5.24. The molecule has 0 aliphatic heterocycles. The monoisotopic (exact) mass is 308 g/mol. The first-order chi connectivity index (χ1) is 10.5. The number of hydrogen-bond acceptors (Lipinski definition) is 3. The topological polar surface area (TPSA) is 67.4 Å². The average molecular weight is 308 g/mol. The summed E-state index contributed by atoms with van der Waals surface area (Å²) in [5.74, 6) is -0.779. The molecule has 120 valence electrons. The Kier molecular flexibility index (Phi) is 7.67. The number of rotatable bonds is 7. The number of halogens is 1. The molecule has 0 saturated carbocycles. The van der Waals surface area contributed by atoms with Crippen molar-refractivity contribution in [1.82, 2.24) is 10.6 Å². The second-order valence-corrected chi connectivity index (χ2v) is 4.64. The summed E-state index contributed by atoms with van der Waals surface area (Å²) in [6.45, 7) is 4.80. The summed E-state index contributed by atoms with van der Waals surface area (Å²) in [7, 11) is 0. The molecule has 0 aromatic heterocycles. The molecule has 22 heavy (non-hydrogen) atoms. The zero-order valence-electron chi connectivity index (χ0n) is 12.8. The lowest BCUT2D eigenvalue weighted by Crippen LogP contribution is -2.36. The highest BCUT2D eigenvalue weighted by Crippen LogP contribution is 2.14. The van der Waals surface area contributed by atoms with E-state index in [1.165, 1.54) is 18.2 Å². The minimum absolute atomic E-state index is 0.221. The van der Waals surface area contributed by atoms with Crippen LogP contribution >= 0.6 is 0 Å². The van der Waals surface area contributed by atoms with Crippen LogP contribution in [0.25, 0.3) is 5.57 Å². The van der Waals surface area contributed by atoms with Crippen LogP contribution in [0.15, 0.2) is 30.3 Å². The summed E-state index contributed by atoms with van der Waals surface area (Å²) in [6.07, 6.45) is 1.90. The Bertz CT molecular complexity index is 527. The molecule has 5 nitrogen and oxygen atoms in total. The summed E-state index contributed by atoms with van der Waals surface area (Å²) < 4.78 is 17.9. The zero-order valence-corrected chi connectivity index (χ0v) is 12.8. The lowest BCUT2D eigenvalue weighted by molar-refractivity contribution is -0.137. The van der Waals surface area contributed by atoms with Crippen molar-refractivity contribution in [3.05, 3.63) is 41.7 Å². The molecular formula is C16H21FN2O3. The third-order valence-electron chi connectivity index (χ3n) is 2.82. The van der Waals surface area contributed by atoms with E-state index in [2.05, 4.69) is 10.6 Å². The third kappa shape index (κ3) is 6.88. The van der Waals surface area contributed by atoms with Crippen molar-refractivity contribution in [1.29, 1.82) is 0 Å². The lowest BCUT2D eigenvalue weighted by Gasteiger charge is -2.06. The van der Waals surface area contributed by atoms with Crippen molar-refractivity contribution < 1.29 is 18.7 Å². The maximum Gasteiger partial charge on any atom is 0.331 e. The highest BCUT2D eigenvalue weighted by Gasteiger charge is 2.03. The predicted molar refractivity (Wildman–Crippen MR) is 82.7 cm³/mol. The first-order valence-electron chi connectivity index (χ1n) is 7.15. The van der Waals surface area contributed by atoms with Gasteiger partial charge in [0.15, 0.2) is 0 Å². The Balaban J connectivity index is 2.29. The predicted octanol–water partition coefficient (Wildman–Crippen LogP) is 2.48. The maximum absolute atomic E-state index is 12.8. The first kappa shape index (κ1) is 17.7. The number of carbonyl (C=O) groups excluding carboxylic acids is 2. The molecule has 0 unspecified atom stereocenters. The fourth-order valence-corrected chi connectivity index (χ4v) is 1.68. The molecule has 1 rings (SSSR count). The normalized spacial score (nSPS) is 11.0. The number of hydrogen-bond donors (Lipinski definition) is 2. The zero-order chi connectivity index (χ0) is 16.4. The van der Waals surface area contributed by atoms with Gasteiger partial charge >= 0.3 is 12.0 Å².